The van der Waals surface area contributed by atoms with Crippen LogP contribution in [0.5, 0.6) is 0 Å². The molecule has 6 heteroatoms. The number of hydrogen-bond acceptors (Lipinski definition) is 4. The Hall–Kier alpha value is -1.11. The fourth-order valence-electron chi connectivity index (χ4n) is 2.06. The van der Waals surface area contributed by atoms with Gasteiger partial charge in [-0.3, -0.25) is 0 Å². The average Bonchev–Trinajstić information content (AvgIpc) is 2.43. The molecule has 0 saturated carbocycles. The first-order valence-corrected chi connectivity index (χ1v) is 8.51. The molecular formula is C14H25N3O2S. The van der Waals surface area contributed by atoms with E-state index in [0.717, 1.165) is 31.5 Å². The van der Waals surface area contributed by atoms with Crippen molar-refractivity contribution in [1.29, 1.82) is 0 Å². The summed E-state index contributed by atoms with van der Waals surface area (Å²) in [6, 6.07) is 7.09. The summed E-state index contributed by atoms with van der Waals surface area (Å²) >= 11 is 0. The quantitative estimate of drug-likeness (QED) is 0.678. The maximum Gasteiger partial charge on any atom is 0.242 e. The third kappa shape index (κ3) is 4.77. The molecule has 1 rings (SSSR count). The largest absolute Gasteiger partial charge is 0.374 e. The number of nitrogens with two attached hydrogens (primary N) is 1. The van der Waals surface area contributed by atoms with Crippen LogP contribution in [0.25, 0.3) is 0 Å². The molecule has 0 aliphatic rings. The highest BCUT2D eigenvalue weighted by molar-refractivity contribution is 7.89. The van der Waals surface area contributed by atoms with Gasteiger partial charge >= 0.3 is 0 Å². The lowest BCUT2D eigenvalue weighted by Gasteiger charge is -2.22. The van der Waals surface area contributed by atoms with Crippen LogP contribution in [0.15, 0.2) is 29.2 Å². The molecule has 0 aliphatic heterocycles. The molecule has 0 radical (unpaired) electrons. The molecule has 1 aromatic rings. The highest BCUT2D eigenvalue weighted by Crippen LogP contribution is 2.24. The van der Waals surface area contributed by atoms with Crippen LogP contribution in [-0.2, 0) is 10.0 Å². The van der Waals surface area contributed by atoms with Gasteiger partial charge in [0, 0.05) is 20.1 Å². The smallest absolute Gasteiger partial charge is 0.242 e. The highest BCUT2D eigenvalue weighted by Gasteiger charge is 2.18. The summed E-state index contributed by atoms with van der Waals surface area (Å²) < 4.78 is 26.9. The molecule has 0 atom stereocenters. The van der Waals surface area contributed by atoms with Crippen molar-refractivity contribution in [3.05, 3.63) is 24.3 Å². The van der Waals surface area contributed by atoms with E-state index in [9.17, 15) is 8.42 Å². The van der Waals surface area contributed by atoms with Crippen molar-refractivity contribution < 1.29 is 8.42 Å². The normalized spacial score (nSPS) is 11.6. The lowest BCUT2D eigenvalue weighted by molar-refractivity contribution is 0.583. The number of anilines is 1. The molecule has 20 heavy (non-hydrogen) atoms. The van der Waals surface area contributed by atoms with Crippen molar-refractivity contribution in [1.82, 2.24) is 4.72 Å². The van der Waals surface area contributed by atoms with Gasteiger partial charge in [-0.15, -0.1) is 0 Å². The van der Waals surface area contributed by atoms with Gasteiger partial charge in [0.1, 0.15) is 4.90 Å². The van der Waals surface area contributed by atoms with Crippen LogP contribution in [0, 0.1) is 0 Å². The minimum Gasteiger partial charge on any atom is -0.374 e. The fraction of sp³-hybridized carbons (Fsp3) is 0.571. The van der Waals surface area contributed by atoms with Crippen molar-refractivity contribution in [3.63, 3.8) is 0 Å². The second kappa shape index (κ2) is 8.24. The van der Waals surface area contributed by atoms with Crippen LogP contribution in [0.3, 0.4) is 0 Å². The minimum absolute atomic E-state index is 0.336. The van der Waals surface area contributed by atoms with Crippen LogP contribution in [0.1, 0.15) is 26.2 Å². The third-order valence-electron chi connectivity index (χ3n) is 3.10. The van der Waals surface area contributed by atoms with Crippen LogP contribution < -0.4 is 15.4 Å². The molecule has 1 aromatic carbocycles. The molecule has 3 N–H and O–H groups in total. The fourth-order valence-corrected chi connectivity index (χ4v) is 3.35. The van der Waals surface area contributed by atoms with Crippen LogP contribution in [0.4, 0.5) is 5.69 Å². The maximum absolute atomic E-state index is 12.2. The van der Waals surface area contributed by atoms with E-state index in [0.29, 0.717) is 18.0 Å². The predicted molar refractivity (Wildman–Crippen MR) is 83.5 cm³/mol. The van der Waals surface area contributed by atoms with Gasteiger partial charge in [-0.1, -0.05) is 25.5 Å². The summed E-state index contributed by atoms with van der Waals surface area (Å²) in [6.07, 6.45) is 3.07. The molecule has 0 unspecified atom stereocenters. The molecule has 0 aromatic heterocycles. The average molecular weight is 299 g/mol. The molecule has 0 bridgehead atoms. The Kier molecular flexibility index (Phi) is 6.98. The predicted octanol–water partition coefficient (Wildman–Crippen LogP) is 1.55. The van der Waals surface area contributed by atoms with E-state index >= 15 is 0 Å². The van der Waals surface area contributed by atoms with Gasteiger partial charge < -0.3 is 10.6 Å². The van der Waals surface area contributed by atoms with E-state index in [-0.39, 0.29) is 0 Å². The Balaban J connectivity index is 2.84. The number of rotatable bonds is 9. The number of nitrogens with zero attached hydrogens (tertiary/aromatic N) is 1. The lowest BCUT2D eigenvalue weighted by Crippen LogP contribution is -2.27. The van der Waals surface area contributed by atoms with Crippen molar-refractivity contribution in [2.45, 2.75) is 31.1 Å². The summed E-state index contributed by atoms with van der Waals surface area (Å²) in [7, 11) is -1.51. The Morgan fingerprint density at radius 3 is 2.55 bits per heavy atom. The first-order chi connectivity index (χ1) is 9.53. The SMILES string of the molecule is CCNS(=O)(=O)c1ccccc1N(C)CCCCCN. The molecule has 114 valence electrons. The monoisotopic (exact) mass is 299 g/mol. The van der Waals surface area contributed by atoms with Crippen molar-refractivity contribution in [2.75, 3.05) is 31.6 Å². The Bertz CT molecular complexity index is 503. The van der Waals surface area contributed by atoms with Gasteiger partial charge in [0.2, 0.25) is 10.0 Å². The number of sulfonamides is 1. The van der Waals surface area contributed by atoms with E-state index < -0.39 is 10.0 Å². The van der Waals surface area contributed by atoms with Crippen LogP contribution in [0.2, 0.25) is 0 Å². The van der Waals surface area contributed by atoms with Gasteiger partial charge in [-0.05, 0) is 31.5 Å². The summed E-state index contributed by atoms with van der Waals surface area (Å²) in [5.41, 5.74) is 6.21. The zero-order valence-corrected chi connectivity index (χ0v) is 13.1. The molecular weight excluding hydrogens is 274 g/mol. The Labute approximate surface area is 122 Å². The van der Waals surface area contributed by atoms with E-state index in [1.54, 1.807) is 19.1 Å². The number of benzene rings is 1. The second-order valence-corrected chi connectivity index (χ2v) is 6.48. The van der Waals surface area contributed by atoms with Gasteiger partial charge in [-0.25, -0.2) is 13.1 Å². The second-order valence-electron chi connectivity index (χ2n) is 4.74. The topological polar surface area (TPSA) is 75.4 Å². The zero-order valence-electron chi connectivity index (χ0n) is 12.3. The summed E-state index contributed by atoms with van der Waals surface area (Å²) in [5, 5.41) is 0. The van der Waals surface area contributed by atoms with Gasteiger partial charge in [-0.2, -0.15) is 0 Å². The number of nitrogens with one attached hydrogen (secondary N) is 1. The Morgan fingerprint density at radius 1 is 1.20 bits per heavy atom. The first kappa shape index (κ1) is 16.9. The number of hydrogen-bond donors (Lipinski definition) is 2. The van der Waals surface area contributed by atoms with E-state index in [1.807, 2.05) is 24.1 Å². The van der Waals surface area contributed by atoms with Crippen molar-refractivity contribution >= 4 is 15.7 Å². The van der Waals surface area contributed by atoms with Crippen LogP contribution >= 0.6 is 0 Å². The maximum atomic E-state index is 12.2. The molecule has 5 nitrogen and oxygen atoms in total. The van der Waals surface area contributed by atoms with E-state index in [4.69, 9.17) is 5.73 Å². The zero-order chi connectivity index (χ0) is 15.0. The van der Waals surface area contributed by atoms with E-state index in [1.165, 1.54) is 0 Å². The molecule has 0 heterocycles. The number of para-hydroxylation sites is 1. The summed E-state index contributed by atoms with van der Waals surface area (Å²) in [5.74, 6) is 0. The van der Waals surface area contributed by atoms with Gasteiger partial charge in [0.05, 0.1) is 5.69 Å². The lowest BCUT2D eigenvalue weighted by atomic mass is 10.2. The van der Waals surface area contributed by atoms with E-state index in [2.05, 4.69) is 4.72 Å². The van der Waals surface area contributed by atoms with Crippen molar-refractivity contribution in [3.8, 4) is 0 Å². The highest BCUT2D eigenvalue weighted by atomic mass is 32.2. The third-order valence-corrected chi connectivity index (χ3v) is 4.69. The molecule has 0 saturated heterocycles. The summed E-state index contributed by atoms with van der Waals surface area (Å²) in [6.45, 7) is 3.68. The van der Waals surface area contributed by atoms with Gasteiger partial charge in [0.25, 0.3) is 0 Å². The molecule has 0 aliphatic carbocycles. The molecule has 0 spiro atoms. The van der Waals surface area contributed by atoms with Crippen LogP contribution in [-0.4, -0.2) is 35.1 Å². The minimum atomic E-state index is -3.43. The molecule has 0 fully saturated rings. The standard InChI is InChI=1S/C14H25N3O2S/c1-3-16-20(18,19)14-10-6-5-9-13(14)17(2)12-8-4-7-11-15/h5-6,9-10,16H,3-4,7-8,11-12,15H2,1-2H3. The van der Waals surface area contributed by atoms with Crippen molar-refractivity contribution in [2.24, 2.45) is 5.73 Å². The number of unbranched alkanes of at least 4 members (excludes halogenated alkanes) is 2. The Morgan fingerprint density at radius 2 is 1.90 bits per heavy atom. The molecule has 0 amide bonds. The first-order valence-electron chi connectivity index (χ1n) is 7.02. The van der Waals surface area contributed by atoms with Gasteiger partial charge in [0.15, 0.2) is 0 Å². The summed E-state index contributed by atoms with van der Waals surface area (Å²) in [4.78, 5) is 2.32.